The molecule has 0 N–H and O–H groups in total. The molecule has 60 heavy (non-hydrogen) atoms. The number of hydrogen-bond donors (Lipinski definition) is 0. The Labute approximate surface area is 349 Å². The summed E-state index contributed by atoms with van der Waals surface area (Å²) in [6, 6.07) is 52.1. The first kappa shape index (κ1) is 35.9. The van der Waals surface area contributed by atoms with Crippen LogP contribution in [0.1, 0.15) is 51.0 Å². The number of ether oxygens (including phenoxy) is 1. The highest BCUT2D eigenvalue weighted by Gasteiger charge is 2.23. The summed E-state index contributed by atoms with van der Waals surface area (Å²) >= 11 is 0. The summed E-state index contributed by atoms with van der Waals surface area (Å²) in [5.74, 6) is 4.73. The number of rotatable bonds is 12. The number of benzene rings is 10. The fraction of sp³-hybridized carbons (Fsp3) is 0.143. The average Bonchev–Trinajstić information content (AvgIpc) is 3.80. The summed E-state index contributed by atoms with van der Waals surface area (Å²) in [4.78, 5) is 0. The zero-order valence-electron chi connectivity index (χ0n) is 33.6. The second kappa shape index (κ2) is 14.9. The van der Waals surface area contributed by atoms with Crippen LogP contribution in [-0.2, 0) is 0 Å². The van der Waals surface area contributed by atoms with Crippen molar-refractivity contribution in [3.8, 4) is 63.3 Å². The van der Waals surface area contributed by atoms with Crippen LogP contribution in [0.2, 0.25) is 0 Å². The molecular weight excluding hydrogens is 733 g/mol. The molecule has 10 aromatic carbocycles. The Morgan fingerprint density at radius 1 is 0.483 bits per heavy atom. The minimum atomic E-state index is 0.375. The van der Waals surface area contributed by atoms with Gasteiger partial charge in [-0.3, -0.25) is 0 Å². The highest BCUT2D eigenvalue weighted by atomic mass is 16.5. The topological polar surface area (TPSA) is 48.2 Å². The molecule has 1 aromatic heterocycles. The average molecular weight is 775 g/mol. The van der Waals surface area contributed by atoms with Gasteiger partial charge in [0.05, 0.1) is 12.2 Å². The Kier molecular flexibility index (Phi) is 8.89. The number of terminal acetylenes is 1. The Morgan fingerprint density at radius 2 is 1.00 bits per heavy atom. The van der Waals surface area contributed by atoms with Crippen LogP contribution in [0.3, 0.4) is 0 Å². The van der Waals surface area contributed by atoms with Crippen molar-refractivity contribution in [1.29, 1.82) is 0 Å². The van der Waals surface area contributed by atoms with Gasteiger partial charge in [-0.15, -0.1) is 16.6 Å². The maximum atomic E-state index is 6.57. The van der Waals surface area contributed by atoms with Gasteiger partial charge < -0.3 is 9.15 Å². The number of aromatic nitrogens is 2. The second-order valence-corrected chi connectivity index (χ2v) is 16.1. The SMILES string of the molecule is C#Cc1c(-c2nnc(-c3ccc(OCCCCCCCC)cc3)o2)cc(-c2ccc3ccc4cccc5ccc2c3c45)cc1-c1ccc2ccc3cccc4ccc1c2c34. The molecule has 0 radical (unpaired) electrons. The Morgan fingerprint density at radius 3 is 1.63 bits per heavy atom. The zero-order valence-corrected chi connectivity index (χ0v) is 33.6. The van der Waals surface area contributed by atoms with Gasteiger partial charge in [-0.2, -0.15) is 0 Å². The quantitative estimate of drug-likeness (QED) is 0.0705. The number of unbranched alkanes of at least 4 members (excludes halogenated alkanes) is 5. The van der Waals surface area contributed by atoms with Gasteiger partial charge in [-0.25, -0.2) is 0 Å². The molecule has 0 unspecified atom stereocenters. The van der Waals surface area contributed by atoms with Crippen LogP contribution >= 0.6 is 0 Å². The van der Waals surface area contributed by atoms with E-state index in [-0.39, 0.29) is 0 Å². The lowest BCUT2D eigenvalue weighted by Gasteiger charge is -2.18. The van der Waals surface area contributed by atoms with Crippen LogP contribution in [0.5, 0.6) is 5.75 Å². The van der Waals surface area contributed by atoms with Gasteiger partial charge >= 0.3 is 0 Å². The van der Waals surface area contributed by atoms with Crippen molar-refractivity contribution in [2.75, 3.05) is 6.61 Å². The number of hydrogen-bond acceptors (Lipinski definition) is 4. The molecule has 11 rings (SSSR count). The molecular formula is C56H42N2O2. The molecule has 0 aliphatic carbocycles. The zero-order chi connectivity index (χ0) is 40.2. The summed E-state index contributed by atoms with van der Waals surface area (Å²) in [6.07, 6.45) is 13.9. The van der Waals surface area contributed by atoms with E-state index in [4.69, 9.17) is 15.6 Å². The van der Waals surface area contributed by atoms with Crippen molar-refractivity contribution < 1.29 is 9.15 Å². The minimum Gasteiger partial charge on any atom is -0.494 e. The van der Waals surface area contributed by atoms with Crippen molar-refractivity contribution in [3.05, 3.63) is 151 Å². The Hall–Kier alpha value is -7.22. The molecule has 11 aromatic rings. The van der Waals surface area contributed by atoms with E-state index in [1.165, 1.54) is 91.4 Å². The molecule has 288 valence electrons. The van der Waals surface area contributed by atoms with E-state index in [0.717, 1.165) is 50.9 Å². The standard InChI is InChI=1S/C56H42N2O2/c1-3-5-6-7-8-9-32-59-43-26-20-41(21-27-43)55-57-58-56(60-55)50-34-42(45-28-22-39-18-16-35-12-10-14-37-24-30-47(45)53(39)51(35)37)33-49(44(50)4-2)46-29-23-40-19-17-36-13-11-15-38-25-31-48(46)54(40)52(36)38/h2,10-31,33-34H,3,5-9,32H2,1H3. The Bertz CT molecular complexity index is 3370. The lowest BCUT2D eigenvalue weighted by molar-refractivity contribution is 0.304. The third-order valence-corrected chi connectivity index (χ3v) is 12.5. The van der Waals surface area contributed by atoms with Crippen LogP contribution in [0.15, 0.2) is 150 Å². The molecule has 1 heterocycles. The van der Waals surface area contributed by atoms with Crippen LogP contribution in [0.4, 0.5) is 0 Å². The summed E-state index contributed by atoms with van der Waals surface area (Å²) in [6.45, 7) is 2.96. The van der Waals surface area contributed by atoms with Crippen molar-refractivity contribution in [2.45, 2.75) is 45.4 Å². The van der Waals surface area contributed by atoms with E-state index in [9.17, 15) is 0 Å². The van der Waals surface area contributed by atoms with Gasteiger partial charge in [0, 0.05) is 11.1 Å². The van der Waals surface area contributed by atoms with Gasteiger partial charge in [0.2, 0.25) is 11.8 Å². The molecule has 0 saturated carbocycles. The number of nitrogens with zero attached hydrogens (tertiary/aromatic N) is 2. The lowest BCUT2D eigenvalue weighted by Crippen LogP contribution is -1.97. The highest BCUT2D eigenvalue weighted by molar-refractivity contribution is 6.27. The molecule has 4 nitrogen and oxygen atoms in total. The molecule has 0 spiro atoms. The largest absolute Gasteiger partial charge is 0.494 e. The molecule has 0 saturated heterocycles. The van der Waals surface area contributed by atoms with Crippen LogP contribution in [0.25, 0.3) is 110 Å². The first-order valence-corrected chi connectivity index (χ1v) is 21.2. The summed E-state index contributed by atoms with van der Waals surface area (Å²) in [7, 11) is 0. The predicted octanol–water partition coefficient (Wildman–Crippen LogP) is 15.3. The summed E-state index contributed by atoms with van der Waals surface area (Å²) in [5.41, 5.74) is 6.39. The maximum absolute atomic E-state index is 6.57. The van der Waals surface area contributed by atoms with Crippen molar-refractivity contribution in [1.82, 2.24) is 10.2 Å². The minimum absolute atomic E-state index is 0.375. The van der Waals surface area contributed by atoms with Crippen LogP contribution < -0.4 is 4.74 Å². The monoisotopic (exact) mass is 774 g/mol. The van der Waals surface area contributed by atoms with Gasteiger partial charge in [0.25, 0.3) is 0 Å². The molecule has 4 heteroatoms. The molecule has 0 atom stereocenters. The second-order valence-electron chi connectivity index (χ2n) is 16.1. The summed E-state index contributed by atoms with van der Waals surface area (Å²) < 4.78 is 12.6. The van der Waals surface area contributed by atoms with Crippen molar-refractivity contribution >= 4 is 64.6 Å². The normalized spacial score (nSPS) is 11.9. The van der Waals surface area contributed by atoms with Gasteiger partial charge in [-0.05, 0) is 130 Å². The first-order valence-electron chi connectivity index (χ1n) is 21.2. The summed E-state index contributed by atoms with van der Waals surface area (Å²) in [5, 5.41) is 23.9. The van der Waals surface area contributed by atoms with Crippen LogP contribution in [0, 0.1) is 12.3 Å². The lowest BCUT2D eigenvalue weighted by atomic mass is 9.84. The molecule has 0 aliphatic heterocycles. The van der Waals surface area contributed by atoms with Crippen molar-refractivity contribution in [2.24, 2.45) is 0 Å². The molecule has 0 amide bonds. The molecule has 0 fully saturated rings. The Balaban J connectivity index is 1.06. The smallest absolute Gasteiger partial charge is 0.249 e. The van der Waals surface area contributed by atoms with Crippen LogP contribution in [-0.4, -0.2) is 16.8 Å². The third kappa shape index (κ3) is 6.00. The van der Waals surface area contributed by atoms with E-state index in [1.54, 1.807) is 0 Å². The third-order valence-electron chi connectivity index (χ3n) is 12.5. The fourth-order valence-electron chi connectivity index (χ4n) is 9.51. The van der Waals surface area contributed by atoms with E-state index in [0.29, 0.717) is 24.0 Å². The predicted molar refractivity (Wildman–Crippen MR) is 250 cm³/mol. The van der Waals surface area contributed by atoms with Gasteiger partial charge in [0.1, 0.15) is 5.75 Å². The van der Waals surface area contributed by atoms with E-state index in [2.05, 4.69) is 144 Å². The van der Waals surface area contributed by atoms with E-state index in [1.807, 2.05) is 24.3 Å². The fourth-order valence-corrected chi connectivity index (χ4v) is 9.51. The maximum Gasteiger partial charge on any atom is 0.249 e. The van der Waals surface area contributed by atoms with Crippen molar-refractivity contribution in [3.63, 3.8) is 0 Å². The molecule has 0 bridgehead atoms. The van der Waals surface area contributed by atoms with Gasteiger partial charge in [0.15, 0.2) is 0 Å². The van der Waals surface area contributed by atoms with E-state index >= 15 is 0 Å². The molecule has 0 aliphatic rings. The highest BCUT2D eigenvalue weighted by Crippen LogP contribution is 2.46. The first-order chi connectivity index (χ1) is 29.7. The van der Waals surface area contributed by atoms with E-state index < -0.39 is 0 Å². The van der Waals surface area contributed by atoms with Gasteiger partial charge in [-0.1, -0.05) is 154 Å².